The zero-order chi connectivity index (χ0) is 17.5. The number of morpholine rings is 1. The highest BCUT2D eigenvalue weighted by molar-refractivity contribution is 7.80. The first-order valence-electron chi connectivity index (χ1n) is 8.13. The highest BCUT2D eigenvalue weighted by atomic mass is 32.1. The Morgan fingerprint density at radius 3 is 2.88 bits per heavy atom. The van der Waals surface area contributed by atoms with Gasteiger partial charge in [0.1, 0.15) is 12.1 Å². The van der Waals surface area contributed by atoms with E-state index in [1.807, 2.05) is 24.3 Å². The molecule has 0 unspecified atom stereocenters. The van der Waals surface area contributed by atoms with Gasteiger partial charge in [-0.2, -0.15) is 0 Å². The van der Waals surface area contributed by atoms with Crippen molar-refractivity contribution in [3.05, 3.63) is 24.3 Å². The minimum absolute atomic E-state index is 0.0594. The number of carbonyl (C=O) groups is 1. The van der Waals surface area contributed by atoms with E-state index in [1.54, 1.807) is 4.68 Å². The van der Waals surface area contributed by atoms with Crippen LogP contribution in [-0.4, -0.2) is 70.3 Å². The van der Waals surface area contributed by atoms with E-state index in [2.05, 4.69) is 31.4 Å². The lowest BCUT2D eigenvalue weighted by Crippen LogP contribution is -2.49. The second-order valence-electron chi connectivity index (χ2n) is 5.62. The fourth-order valence-electron chi connectivity index (χ4n) is 2.53. The molecule has 1 aromatic carbocycles. The first kappa shape index (κ1) is 17.5. The van der Waals surface area contributed by atoms with Crippen molar-refractivity contribution in [2.45, 2.75) is 6.54 Å². The number of hydrazine groups is 1. The molecular weight excluding hydrogens is 342 g/mol. The Morgan fingerprint density at radius 1 is 1.24 bits per heavy atom. The smallest absolute Gasteiger partial charge is 0.260 e. The fourth-order valence-corrected chi connectivity index (χ4v) is 2.69. The Balaban J connectivity index is 1.36. The average molecular weight is 363 g/mol. The summed E-state index contributed by atoms with van der Waals surface area (Å²) in [6.45, 7) is 5.06. The molecule has 0 saturated carbocycles. The van der Waals surface area contributed by atoms with Crippen molar-refractivity contribution in [3.63, 3.8) is 0 Å². The summed E-state index contributed by atoms with van der Waals surface area (Å²) in [4.78, 5) is 14.3. The van der Waals surface area contributed by atoms with Crippen LogP contribution >= 0.6 is 12.2 Å². The number of para-hydroxylation sites is 1. The number of thiocarbonyl (C=S) groups is 1. The second kappa shape index (κ2) is 8.70. The maximum atomic E-state index is 12.0. The van der Waals surface area contributed by atoms with Crippen molar-refractivity contribution < 1.29 is 9.53 Å². The van der Waals surface area contributed by atoms with Crippen LogP contribution in [0.3, 0.4) is 0 Å². The normalized spacial score (nSPS) is 15.0. The Kier molecular flexibility index (Phi) is 6.09. The average Bonchev–Trinajstić information content (AvgIpc) is 3.04. The van der Waals surface area contributed by atoms with E-state index in [0.29, 0.717) is 11.7 Å². The van der Waals surface area contributed by atoms with E-state index >= 15 is 0 Å². The summed E-state index contributed by atoms with van der Waals surface area (Å²) in [5.41, 5.74) is 6.82. The highest BCUT2D eigenvalue weighted by Gasteiger charge is 2.10. The highest BCUT2D eigenvalue weighted by Crippen LogP contribution is 2.08. The summed E-state index contributed by atoms with van der Waals surface area (Å²) in [5.74, 6) is -0.256. The van der Waals surface area contributed by atoms with Crippen LogP contribution in [0, 0.1) is 0 Å². The minimum Gasteiger partial charge on any atom is -0.379 e. The predicted molar refractivity (Wildman–Crippen MR) is 96.7 cm³/mol. The molecule has 1 amide bonds. The van der Waals surface area contributed by atoms with E-state index in [9.17, 15) is 4.79 Å². The first-order valence-corrected chi connectivity index (χ1v) is 8.54. The van der Waals surface area contributed by atoms with Gasteiger partial charge < -0.3 is 10.1 Å². The maximum absolute atomic E-state index is 12.0. The van der Waals surface area contributed by atoms with Gasteiger partial charge in [0.25, 0.3) is 5.91 Å². The monoisotopic (exact) mass is 363 g/mol. The van der Waals surface area contributed by atoms with E-state index < -0.39 is 0 Å². The van der Waals surface area contributed by atoms with Gasteiger partial charge in [-0.1, -0.05) is 17.3 Å². The number of carbonyl (C=O) groups excluding carboxylic acids is 1. The second-order valence-corrected chi connectivity index (χ2v) is 6.03. The number of hydrogen-bond acceptors (Lipinski definition) is 6. The van der Waals surface area contributed by atoms with Crippen molar-refractivity contribution in [1.29, 1.82) is 0 Å². The Bertz CT molecular complexity index is 729. The Hall–Kier alpha value is -2.30. The van der Waals surface area contributed by atoms with Gasteiger partial charge in [-0.05, 0) is 24.4 Å². The van der Waals surface area contributed by atoms with E-state index in [4.69, 9.17) is 17.0 Å². The molecule has 1 aliphatic rings. The van der Waals surface area contributed by atoms with E-state index in [-0.39, 0.29) is 12.5 Å². The third-order valence-electron chi connectivity index (χ3n) is 3.85. The van der Waals surface area contributed by atoms with Gasteiger partial charge in [0.15, 0.2) is 5.11 Å². The van der Waals surface area contributed by atoms with Gasteiger partial charge in [-0.3, -0.25) is 20.5 Å². The number of rotatable bonds is 5. The number of fused-ring (bicyclic) bond motifs is 1. The molecule has 1 saturated heterocycles. The molecule has 2 aromatic rings. The van der Waals surface area contributed by atoms with Crippen molar-refractivity contribution in [2.75, 3.05) is 39.4 Å². The van der Waals surface area contributed by atoms with Crippen LogP contribution in [0.1, 0.15) is 0 Å². The minimum atomic E-state index is -0.256. The summed E-state index contributed by atoms with van der Waals surface area (Å²) in [7, 11) is 0. The molecule has 1 aromatic heterocycles. The standard InChI is InChI=1S/C15H21N7O2S/c23-14(11-22-13-4-2-1-3-12(13)17-20-22)18-19-15(25)16-5-6-21-7-9-24-10-8-21/h1-4H,5-11H2,(H,18,23)(H2,16,19,25). The Morgan fingerprint density at radius 2 is 2.04 bits per heavy atom. The van der Waals surface area contributed by atoms with Crippen molar-refractivity contribution in [2.24, 2.45) is 0 Å². The lowest BCUT2D eigenvalue weighted by atomic mass is 10.3. The van der Waals surface area contributed by atoms with Crippen LogP contribution in [0.2, 0.25) is 0 Å². The van der Waals surface area contributed by atoms with Crippen LogP contribution in [-0.2, 0) is 16.1 Å². The number of hydrogen-bond donors (Lipinski definition) is 3. The molecule has 0 spiro atoms. The van der Waals surface area contributed by atoms with E-state index in [0.717, 1.165) is 43.9 Å². The summed E-state index contributed by atoms with van der Waals surface area (Å²) in [5, 5.41) is 11.4. The van der Waals surface area contributed by atoms with Crippen LogP contribution in [0.15, 0.2) is 24.3 Å². The Labute approximate surface area is 150 Å². The topological polar surface area (TPSA) is 96.3 Å². The van der Waals surface area contributed by atoms with Gasteiger partial charge in [0, 0.05) is 26.2 Å². The molecule has 0 radical (unpaired) electrons. The third-order valence-corrected chi connectivity index (χ3v) is 4.09. The van der Waals surface area contributed by atoms with Gasteiger partial charge in [-0.25, -0.2) is 4.68 Å². The molecule has 134 valence electrons. The summed E-state index contributed by atoms with van der Waals surface area (Å²) in [6.07, 6.45) is 0. The molecule has 10 heteroatoms. The van der Waals surface area contributed by atoms with Crippen molar-refractivity contribution in [1.82, 2.24) is 36.1 Å². The summed E-state index contributed by atoms with van der Waals surface area (Å²) >= 11 is 5.15. The lowest BCUT2D eigenvalue weighted by molar-refractivity contribution is -0.122. The SMILES string of the molecule is O=C(Cn1nnc2ccccc21)NNC(=S)NCCN1CCOCC1. The van der Waals surface area contributed by atoms with Crippen LogP contribution < -0.4 is 16.2 Å². The van der Waals surface area contributed by atoms with Gasteiger partial charge in [0.05, 0.1) is 18.7 Å². The molecule has 2 heterocycles. The van der Waals surface area contributed by atoms with Crippen LogP contribution in [0.5, 0.6) is 0 Å². The summed E-state index contributed by atoms with van der Waals surface area (Å²) < 4.78 is 6.85. The van der Waals surface area contributed by atoms with Crippen molar-refractivity contribution >= 4 is 34.3 Å². The number of nitrogens with zero attached hydrogens (tertiary/aromatic N) is 4. The number of nitrogens with one attached hydrogen (secondary N) is 3. The molecule has 1 aliphatic heterocycles. The first-order chi connectivity index (χ1) is 12.2. The number of ether oxygens (including phenoxy) is 1. The predicted octanol–water partition coefficient (Wildman–Crippen LogP) is -0.741. The molecule has 0 bridgehead atoms. The molecule has 3 rings (SSSR count). The van der Waals surface area contributed by atoms with E-state index in [1.165, 1.54) is 0 Å². The lowest BCUT2D eigenvalue weighted by Gasteiger charge is -2.26. The van der Waals surface area contributed by atoms with Crippen LogP contribution in [0.25, 0.3) is 11.0 Å². The van der Waals surface area contributed by atoms with Crippen LogP contribution in [0.4, 0.5) is 0 Å². The molecule has 1 fully saturated rings. The van der Waals surface area contributed by atoms with Gasteiger partial charge in [0.2, 0.25) is 0 Å². The summed E-state index contributed by atoms with van der Waals surface area (Å²) in [6, 6.07) is 7.48. The maximum Gasteiger partial charge on any atom is 0.260 e. The molecule has 3 N–H and O–H groups in total. The zero-order valence-corrected chi connectivity index (χ0v) is 14.6. The van der Waals surface area contributed by atoms with Gasteiger partial charge in [-0.15, -0.1) is 5.10 Å². The molecule has 0 aliphatic carbocycles. The molecular formula is C15H21N7O2S. The van der Waals surface area contributed by atoms with Crippen molar-refractivity contribution in [3.8, 4) is 0 Å². The zero-order valence-electron chi connectivity index (χ0n) is 13.8. The number of aromatic nitrogens is 3. The molecule has 25 heavy (non-hydrogen) atoms. The quantitative estimate of drug-likeness (QED) is 0.472. The molecule has 0 atom stereocenters. The third kappa shape index (κ3) is 5.08. The number of amides is 1. The largest absolute Gasteiger partial charge is 0.379 e. The molecule has 9 nitrogen and oxygen atoms in total. The fraction of sp³-hybridized carbons (Fsp3) is 0.467. The van der Waals surface area contributed by atoms with Gasteiger partial charge >= 0.3 is 0 Å². The number of benzene rings is 1.